The van der Waals surface area contributed by atoms with E-state index in [1.807, 2.05) is 32.5 Å². The number of thioether (sulfide) groups is 1. The van der Waals surface area contributed by atoms with Crippen LogP contribution in [0.5, 0.6) is 0 Å². The quantitative estimate of drug-likeness (QED) is 0.755. The van der Waals surface area contributed by atoms with Crippen LogP contribution in [0.3, 0.4) is 0 Å². The van der Waals surface area contributed by atoms with E-state index in [0.29, 0.717) is 18.4 Å². The number of carbonyl (C=O) groups is 1. The number of aliphatic imine (C=N–C) groups is 1. The molecule has 2 atom stereocenters. The lowest BCUT2D eigenvalue weighted by Crippen LogP contribution is -2.40. The van der Waals surface area contributed by atoms with Crippen molar-refractivity contribution >= 4 is 23.4 Å². The first-order chi connectivity index (χ1) is 13.6. The monoisotopic (exact) mass is 417 g/mol. The second kappa shape index (κ2) is 8.69. The van der Waals surface area contributed by atoms with Crippen molar-refractivity contribution in [3.63, 3.8) is 0 Å². The summed E-state index contributed by atoms with van der Waals surface area (Å²) in [5.41, 5.74) is 3.57. The summed E-state index contributed by atoms with van der Waals surface area (Å²) in [6.45, 7) is 12.0. The average molecular weight is 418 g/mol. The fourth-order valence-electron chi connectivity index (χ4n) is 3.36. The zero-order chi connectivity index (χ0) is 21.1. The molecular weight excluding hydrogens is 386 g/mol. The number of nitrogens with one attached hydrogen (secondary N) is 1. The van der Waals surface area contributed by atoms with E-state index in [1.54, 1.807) is 18.0 Å². The highest BCUT2D eigenvalue weighted by molar-refractivity contribution is 8.12. The maximum Gasteiger partial charge on any atom is 0.408 e. The zero-order valence-electron chi connectivity index (χ0n) is 17.8. The minimum absolute atomic E-state index is 0.112. The van der Waals surface area contributed by atoms with Crippen molar-refractivity contribution in [2.24, 2.45) is 4.99 Å². The van der Waals surface area contributed by atoms with Gasteiger partial charge < -0.3 is 19.7 Å². The number of alkyl carbamates (subject to hydrolysis) is 1. The van der Waals surface area contributed by atoms with Gasteiger partial charge in [0.15, 0.2) is 0 Å². The molecule has 1 N–H and O–H groups in total. The highest BCUT2D eigenvalue weighted by Gasteiger charge is 2.34. The van der Waals surface area contributed by atoms with E-state index in [0.717, 1.165) is 12.1 Å². The Kier molecular flexibility index (Phi) is 6.46. The Morgan fingerprint density at radius 2 is 2.10 bits per heavy atom. The fraction of sp³-hybridized carbons (Fsp3) is 0.545. The zero-order valence-corrected chi connectivity index (χ0v) is 18.7. The van der Waals surface area contributed by atoms with Crippen LogP contribution in [0.1, 0.15) is 57.0 Å². The van der Waals surface area contributed by atoms with Gasteiger partial charge in [0.2, 0.25) is 0 Å². The Morgan fingerprint density at radius 1 is 1.38 bits per heavy atom. The smallest absolute Gasteiger partial charge is 0.408 e. The van der Waals surface area contributed by atoms with Crippen molar-refractivity contribution in [1.82, 2.24) is 10.2 Å². The topological polar surface area (TPSA) is 63.2 Å². The molecule has 1 unspecified atom stereocenters. The van der Waals surface area contributed by atoms with Crippen LogP contribution in [0.15, 0.2) is 41.7 Å². The number of rotatable bonds is 5. The molecule has 0 bridgehead atoms. The number of hydrogen-bond donors (Lipinski definition) is 1. The van der Waals surface area contributed by atoms with Gasteiger partial charge in [-0.25, -0.2) is 4.79 Å². The molecule has 29 heavy (non-hydrogen) atoms. The maximum absolute atomic E-state index is 12.4. The Hall–Kier alpha value is -2.15. The molecule has 1 aromatic rings. The second-order valence-corrected chi connectivity index (χ2v) is 9.88. The van der Waals surface area contributed by atoms with E-state index < -0.39 is 11.7 Å². The van der Waals surface area contributed by atoms with Gasteiger partial charge >= 0.3 is 6.09 Å². The van der Waals surface area contributed by atoms with E-state index in [4.69, 9.17) is 9.47 Å². The third-order valence-corrected chi connectivity index (χ3v) is 6.19. The summed E-state index contributed by atoms with van der Waals surface area (Å²) in [7, 11) is 0. The molecule has 2 aliphatic rings. The SMILES string of the molecule is CC(C)(C)OC(=O)N[C@@H](CN1C=COCC1)c1ccc(C2SC=NC2(C)C)cc1. The Labute approximate surface area is 177 Å². The van der Waals surface area contributed by atoms with Gasteiger partial charge in [-0.1, -0.05) is 24.3 Å². The first-order valence-electron chi connectivity index (χ1n) is 9.95. The van der Waals surface area contributed by atoms with Crippen molar-refractivity contribution in [2.45, 2.75) is 57.1 Å². The fourth-order valence-corrected chi connectivity index (χ4v) is 4.53. The number of hydrogen-bond acceptors (Lipinski definition) is 6. The molecule has 158 valence electrons. The van der Waals surface area contributed by atoms with Gasteiger partial charge in [-0.05, 0) is 45.7 Å². The number of ether oxygens (including phenoxy) is 2. The van der Waals surface area contributed by atoms with E-state index in [2.05, 4.69) is 53.3 Å². The van der Waals surface area contributed by atoms with Crippen LogP contribution in [0.4, 0.5) is 4.79 Å². The van der Waals surface area contributed by atoms with Gasteiger partial charge in [0.25, 0.3) is 0 Å². The lowest BCUT2D eigenvalue weighted by Gasteiger charge is -2.30. The molecule has 0 aromatic heterocycles. The van der Waals surface area contributed by atoms with Crippen molar-refractivity contribution in [2.75, 3.05) is 19.7 Å². The lowest BCUT2D eigenvalue weighted by atomic mass is 9.93. The van der Waals surface area contributed by atoms with Gasteiger partial charge in [-0.2, -0.15) is 0 Å². The molecule has 0 aliphatic carbocycles. The highest BCUT2D eigenvalue weighted by Crippen LogP contribution is 2.44. The van der Waals surface area contributed by atoms with Gasteiger partial charge in [0, 0.05) is 12.7 Å². The summed E-state index contributed by atoms with van der Waals surface area (Å²) in [6, 6.07) is 8.28. The molecule has 1 aromatic carbocycles. The third-order valence-electron chi connectivity index (χ3n) is 4.84. The standard InChI is InChI=1S/C22H31N3O3S/c1-21(2,3)28-20(26)24-18(14-25-10-12-27-13-11-25)16-6-8-17(9-7-16)19-22(4,5)23-15-29-19/h6-10,12,15,18-19H,11,13-14H2,1-5H3,(H,24,26)/t18-,19?/m0/s1. The molecule has 0 saturated heterocycles. The predicted octanol–water partition coefficient (Wildman–Crippen LogP) is 4.65. The van der Waals surface area contributed by atoms with Gasteiger partial charge in [-0.3, -0.25) is 4.99 Å². The summed E-state index contributed by atoms with van der Waals surface area (Å²) in [6.07, 6.45) is 3.19. The summed E-state index contributed by atoms with van der Waals surface area (Å²) >= 11 is 1.75. The number of nitrogens with zero attached hydrogens (tertiary/aromatic N) is 2. The molecule has 0 fully saturated rings. The highest BCUT2D eigenvalue weighted by atomic mass is 32.2. The molecule has 0 saturated carbocycles. The normalized spacial score (nSPS) is 21.6. The minimum Gasteiger partial charge on any atom is -0.498 e. The summed E-state index contributed by atoms with van der Waals surface area (Å²) in [4.78, 5) is 19.1. The van der Waals surface area contributed by atoms with Crippen LogP contribution >= 0.6 is 11.8 Å². The molecule has 2 aliphatic heterocycles. The van der Waals surface area contributed by atoms with Crippen molar-refractivity contribution < 1.29 is 14.3 Å². The molecule has 3 rings (SSSR count). The van der Waals surface area contributed by atoms with Crippen LogP contribution in [-0.2, 0) is 9.47 Å². The van der Waals surface area contributed by atoms with Crippen LogP contribution < -0.4 is 5.32 Å². The lowest BCUT2D eigenvalue weighted by molar-refractivity contribution is 0.0491. The summed E-state index contributed by atoms with van der Waals surface area (Å²) in [5.74, 6) is 0. The molecule has 0 radical (unpaired) electrons. The molecule has 0 spiro atoms. The third kappa shape index (κ3) is 5.92. The molecule has 6 nitrogen and oxygen atoms in total. The van der Waals surface area contributed by atoms with Gasteiger partial charge in [-0.15, -0.1) is 11.8 Å². The van der Waals surface area contributed by atoms with Crippen LogP contribution in [0.2, 0.25) is 0 Å². The molecule has 1 amide bonds. The number of carbonyl (C=O) groups excluding carboxylic acids is 1. The summed E-state index contributed by atoms with van der Waals surface area (Å²) in [5, 5.41) is 3.34. The van der Waals surface area contributed by atoms with E-state index in [1.165, 1.54) is 5.56 Å². The van der Waals surface area contributed by atoms with Crippen molar-refractivity contribution in [3.8, 4) is 0 Å². The average Bonchev–Trinajstić information content (AvgIpc) is 3.00. The van der Waals surface area contributed by atoms with Gasteiger partial charge in [0.1, 0.15) is 12.2 Å². The van der Waals surface area contributed by atoms with Crippen LogP contribution in [0, 0.1) is 0 Å². The van der Waals surface area contributed by atoms with E-state index in [9.17, 15) is 4.79 Å². The number of benzene rings is 1. The van der Waals surface area contributed by atoms with Crippen LogP contribution in [0.25, 0.3) is 0 Å². The second-order valence-electron chi connectivity index (χ2n) is 8.92. The Bertz CT molecular complexity index is 769. The maximum atomic E-state index is 12.4. The Balaban J connectivity index is 1.76. The van der Waals surface area contributed by atoms with Gasteiger partial charge in [0.05, 0.1) is 35.2 Å². The minimum atomic E-state index is -0.539. The number of amides is 1. The van der Waals surface area contributed by atoms with E-state index >= 15 is 0 Å². The summed E-state index contributed by atoms with van der Waals surface area (Å²) < 4.78 is 10.8. The first-order valence-corrected chi connectivity index (χ1v) is 10.9. The predicted molar refractivity (Wildman–Crippen MR) is 118 cm³/mol. The van der Waals surface area contributed by atoms with Crippen molar-refractivity contribution in [1.29, 1.82) is 0 Å². The van der Waals surface area contributed by atoms with E-state index in [-0.39, 0.29) is 11.6 Å². The molecule has 2 heterocycles. The molecular formula is C22H31N3O3S. The molecule has 7 heteroatoms. The van der Waals surface area contributed by atoms with Crippen LogP contribution in [-0.4, -0.2) is 47.4 Å². The largest absolute Gasteiger partial charge is 0.498 e. The van der Waals surface area contributed by atoms with Crippen molar-refractivity contribution in [3.05, 3.63) is 47.9 Å². The first kappa shape index (κ1) is 21.6. The Morgan fingerprint density at radius 3 is 2.66 bits per heavy atom.